The second kappa shape index (κ2) is 7.99. The molecule has 1 aromatic rings. The number of carbonyl (C=O) groups is 1. The minimum Gasteiger partial charge on any atom is -0.493 e. The van der Waals surface area contributed by atoms with Crippen molar-refractivity contribution in [2.45, 2.75) is 18.9 Å². The van der Waals surface area contributed by atoms with Gasteiger partial charge in [0.2, 0.25) is 0 Å². The second-order valence-corrected chi connectivity index (χ2v) is 3.94. The lowest BCUT2D eigenvalue weighted by Crippen LogP contribution is -2.41. The van der Waals surface area contributed by atoms with Crippen molar-refractivity contribution < 1.29 is 27.8 Å². The van der Waals surface area contributed by atoms with E-state index in [4.69, 9.17) is 15.2 Å². The van der Waals surface area contributed by atoms with Gasteiger partial charge >= 0.3 is 11.9 Å². The van der Waals surface area contributed by atoms with Gasteiger partial charge in [-0.3, -0.25) is 0 Å². The zero-order valence-electron chi connectivity index (χ0n) is 11.9. The molecule has 0 aromatic heterocycles. The Morgan fingerprint density at radius 2 is 1.86 bits per heavy atom. The maximum Gasteiger partial charge on any atom is 0.379 e. The summed E-state index contributed by atoms with van der Waals surface area (Å²) in [6.07, 6.45) is 0. The number of rotatable bonds is 6. The van der Waals surface area contributed by atoms with Crippen molar-refractivity contribution in [2.24, 2.45) is 5.73 Å². The zero-order valence-corrected chi connectivity index (χ0v) is 12.7. The van der Waals surface area contributed by atoms with Gasteiger partial charge in [0.1, 0.15) is 6.04 Å². The predicted molar refractivity (Wildman–Crippen MR) is 75.3 cm³/mol. The summed E-state index contributed by atoms with van der Waals surface area (Å²) >= 11 is 0. The Hall–Kier alpha value is -1.60. The third-order valence-electron chi connectivity index (χ3n) is 2.70. The largest absolute Gasteiger partial charge is 0.493 e. The first-order valence-corrected chi connectivity index (χ1v) is 5.91. The fourth-order valence-electron chi connectivity index (χ4n) is 1.61. The lowest BCUT2D eigenvalue weighted by atomic mass is 10.0. The Labute approximate surface area is 127 Å². The summed E-state index contributed by atoms with van der Waals surface area (Å²) in [4.78, 5) is 11.2. The lowest BCUT2D eigenvalue weighted by molar-refractivity contribution is -0.174. The van der Waals surface area contributed by atoms with E-state index in [0.717, 1.165) is 0 Å². The Bertz CT molecular complexity index is 485. The molecule has 5 nitrogen and oxygen atoms in total. The van der Waals surface area contributed by atoms with Crippen LogP contribution in [0.2, 0.25) is 0 Å². The van der Waals surface area contributed by atoms with Crippen LogP contribution < -0.4 is 15.2 Å². The van der Waals surface area contributed by atoms with E-state index in [0.29, 0.717) is 5.75 Å². The van der Waals surface area contributed by atoms with E-state index in [2.05, 4.69) is 4.74 Å². The quantitative estimate of drug-likeness (QED) is 0.813. The van der Waals surface area contributed by atoms with E-state index in [9.17, 15) is 13.6 Å². The SMILES string of the molecule is CCOC(=O)C(F)(F)[C@@H](N)c1ccc(OC)c(OC)c1.Cl. The molecule has 2 N–H and O–H groups in total. The molecule has 0 radical (unpaired) electrons. The smallest absolute Gasteiger partial charge is 0.379 e. The molecule has 1 atom stereocenters. The van der Waals surface area contributed by atoms with Gasteiger partial charge in [-0.15, -0.1) is 12.4 Å². The van der Waals surface area contributed by atoms with E-state index in [1.165, 1.54) is 39.3 Å². The molecule has 0 unspecified atom stereocenters. The van der Waals surface area contributed by atoms with Crippen molar-refractivity contribution in [1.82, 2.24) is 0 Å². The van der Waals surface area contributed by atoms with E-state index in [1.807, 2.05) is 0 Å². The standard InChI is InChI=1S/C13H17F2NO4.ClH/c1-4-20-12(17)13(14,15)11(16)8-5-6-9(18-2)10(7-8)19-3;/h5-7,11H,4,16H2,1-3H3;1H/t11-;/m0./s1. The van der Waals surface area contributed by atoms with Gasteiger partial charge in [0.25, 0.3) is 0 Å². The molecule has 0 aliphatic carbocycles. The van der Waals surface area contributed by atoms with Crippen LogP contribution in [0.5, 0.6) is 11.5 Å². The fraction of sp³-hybridized carbons (Fsp3) is 0.462. The number of nitrogens with two attached hydrogens (primary N) is 1. The van der Waals surface area contributed by atoms with Crippen LogP contribution in [-0.4, -0.2) is 32.7 Å². The van der Waals surface area contributed by atoms with Gasteiger partial charge in [-0.25, -0.2) is 4.79 Å². The van der Waals surface area contributed by atoms with Gasteiger partial charge in [0.05, 0.1) is 20.8 Å². The van der Waals surface area contributed by atoms with Crippen LogP contribution in [0.25, 0.3) is 0 Å². The molecule has 0 aliphatic heterocycles. The van der Waals surface area contributed by atoms with Crippen LogP contribution in [0.3, 0.4) is 0 Å². The summed E-state index contributed by atoms with van der Waals surface area (Å²) in [6, 6.07) is 2.26. The van der Waals surface area contributed by atoms with Crippen molar-refractivity contribution in [3.63, 3.8) is 0 Å². The maximum absolute atomic E-state index is 13.8. The number of hydrogen-bond acceptors (Lipinski definition) is 5. The number of halogens is 3. The second-order valence-electron chi connectivity index (χ2n) is 3.94. The lowest BCUT2D eigenvalue weighted by Gasteiger charge is -2.22. The highest BCUT2D eigenvalue weighted by molar-refractivity contribution is 5.85. The molecular formula is C13H18ClF2NO4. The molecular weight excluding hydrogens is 308 g/mol. The van der Waals surface area contributed by atoms with E-state index in [-0.39, 0.29) is 30.3 Å². The Morgan fingerprint density at radius 3 is 2.33 bits per heavy atom. The van der Waals surface area contributed by atoms with Gasteiger partial charge in [0, 0.05) is 0 Å². The van der Waals surface area contributed by atoms with Crippen LogP contribution in [0, 0.1) is 0 Å². The van der Waals surface area contributed by atoms with Crippen molar-refractivity contribution in [1.29, 1.82) is 0 Å². The number of hydrogen-bond donors (Lipinski definition) is 1. The monoisotopic (exact) mass is 325 g/mol. The molecule has 1 aromatic carbocycles. The van der Waals surface area contributed by atoms with Gasteiger partial charge in [-0.1, -0.05) is 6.07 Å². The topological polar surface area (TPSA) is 70.8 Å². The number of benzene rings is 1. The summed E-state index contributed by atoms with van der Waals surface area (Å²) in [5.74, 6) is -4.85. The molecule has 1 rings (SSSR count). The molecule has 0 aliphatic rings. The van der Waals surface area contributed by atoms with Crippen LogP contribution >= 0.6 is 12.4 Å². The van der Waals surface area contributed by atoms with Crippen molar-refractivity contribution in [3.8, 4) is 11.5 Å². The van der Waals surface area contributed by atoms with Gasteiger partial charge in [-0.2, -0.15) is 8.78 Å². The summed E-state index contributed by atoms with van der Waals surface area (Å²) < 4.78 is 42.0. The third kappa shape index (κ3) is 4.18. The third-order valence-corrected chi connectivity index (χ3v) is 2.70. The fourth-order valence-corrected chi connectivity index (χ4v) is 1.61. The molecule has 0 saturated carbocycles. The number of alkyl halides is 2. The van der Waals surface area contributed by atoms with Gasteiger partial charge < -0.3 is 19.9 Å². The molecule has 0 bridgehead atoms. The van der Waals surface area contributed by atoms with E-state index < -0.39 is 17.9 Å². The van der Waals surface area contributed by atoms with Crippen molar-refractivity contribution in [3.05, 3.63) is 23.8 Å². The molecule has 120 valence electrons. The molecule has 0 amide bonds. The number of ether oxygens (including phenoxy) is 3. The van der Waals surface area contributed by atoms with Crippen LogP contribution in [0.15, 0.2) is 18.2 Å². The summed E-state index contributed by atoms with van der Waals surface area (Å²) in [6.45, 7) is 1.29. The maximum atomic E-state index is 13.8. The number of carbonyl (C=O) groups excluding carboxylic acids is 1. The minimum atomic E-state index is -3.82. The van der Waals surface area contributed by atoms with E-state index >= 15 is 0 Å². The highest BCUT2D eigenvalue weighted by Gasteiger charge is 2.47. The summed E-state index contributed by atoms with van der Waals surface area (Å²) in [5, 5.41) is 0. The first kappa shape index (κ1) is 19.4. The first-order valence-electron chi connectivity index (χ1n) is 5.91. The Morgan fingerprint density at radius 1 is 1.29 bits per heavy atom. The van der Waals surface area contributed by atoms with Crippen molar-refractivity contribution in [2.75, 3.05) is 20.8 Å². The first-order chi connectivity index (χ1) is 9.38. The Balaban J connectivity index is 0.00000400. The summed E-state index contributed by atoms with van der Waals surface area (Å²) in [5.41, 5.74) is 5.51. The highest BCUT2D eigenvalue weighted by Crippen LogP contribution is 2.35. The average Bonchev–Trinajstić information content (AvgIpc) is 2.45. The molecule has 8 heteroatoms. The van der Waals surface area contributed by atoms with Crippen molar-refractivity contribution >= 4 is 18.4 Å². The van der Waals surface area contributed by atoms with Crippen LogP contribution in [0.1, 0.15) is 18.5 Å². The van der Waals surface area contributed by atoms with E-state index in [1.54, 1.807) is 0 Å². The summed E-state index contributed by atoms with van der Waals surface area (Å²) in [7, 11) is 2.79. The molecule has 21 heavy (non-hydrogen) atoms. The highest BCUT2D eigenvalue weighted by atomic mass is 35.5. The molecule has 0 spiro atoms. The number of esters is 1. The normalized spacial score (nSPS) is 12.1. The Kier molecular flexibility index (Phi) is 7.38. The molecule has 0 fully saturated rings. The minimum absolute atomic E-state index is 0. The zero-order chi connectivity index (χ0) is 15.3. The molecule has 0 heterocycles. The van der Waals surface area contributed by atoms with Gasteiger partial charge in [0.15, 0.2) is 11.5 Å². The molecule has 0 saturated heterocycles. The predicted octanol–water partition coefficient (Wildman–Crippen LogP) is 2.32. The van der Waals surface area contributed by atoms with Crippen LogP contribution in [-0.2, 0) is 9.53 Å². The number of methoxy groups -OCH3 is 2. The van der Waals surface area contributed by atoms with Crippen LogP contribution in [0.4, 0.5) is 8.78 Å². The van der Waals surface area contributed by atoms with Gasteiger partial charge in [-0.05, 0) is 24.6 Å². The average molecular weight is 326 g/mol.